The molecule has 6 aliphatic rings. The Morgan fingerprint density at radius 3 is 2.31 bits per heavy atom. The summed E-state index contributed by atoms with van der Waals surface area (Å²) in [6.07, 6.45) is 5.61. The van der Waals surface area contributed by atoms with E-state index in [2.05, 4.69) is 12.7 Å². The van der Waals surface area contributed by atoms with Gasteiger partial charge in [-0.1, -0.05) is 23.8 Å². The number of carbonyl (C=O) groups excluding carboxylic acids is 2. The van der Waals surface area contributed by atoms with Crippen LogP contribution in [0.15, 0.2) is 23.8 Å². The van der Waals surface area contributed by atoms with E-state index >= 15 is 0 Å². The monoisotopic (exact) mass is 542 g/mol. The van der Waals surface area contributed by atoms with E-state index in [1.54, 1.807) is 13.8 Å². The predicted molar refractivity (Wildman–Crippen MR) is 144 cm³/mol. The van der Waals surface area contributed by atoms with Crippen molar-refractivity contribution in [1.29, 1.82) is 0 Å². The van der Waals surface area contributed by atoms with E-state index in [0.29, 0.717) is 25.7 Å². The van der Waals surface area contributed by atoms with Gasteiger partial charge in [-0.25, -0.2) is 0 Å². The third kappa shape index (κ3) is 3.25. The standard InChI is InChI=1S/C32H46O7/c1-16(2)18-6-8-20(25(18)39-17(3)34)19-7-9-21-22(19)14-30(15-33)24-11-13-32(30,26(21)35)28(37)31(24)12-10-23(27(31)36)29(4,5)38/h14-15,18-21,23-28,35-38H,1,6-13H2,2-5H3/t18-,19-,20+,21-,23-,24+,25+,26+,27-,28+,30+,31-,32-/m0/s1. The highest BCUT2D eigenvalue weighted by Gasteiger charge is 2.83. The van der Waals surface area contributed by atoms with Crippen molar-refractivity contribution < 1.29 is 34.8 Å². The number of carbonyl (C=O) groups is 2. The molecule has 216 valence electrons. The molecule has 0 heterocycles. The first-order valence-corrected chi connectivity index (χ1v) is 15.1. The Bertz CT molecular complexity index is 1110. The van der Waals surface area contributed by atoms with Crippen LogP contribution in [0, 0.1) is 51.8 Å². The maximum Gasteiger partial charge on any atom is 0.302 e. The van der Waals surface area contributed by atoms with Gasteiger partial charge in [-0.2, -0.15) is 0 Å². The zero-order valence-corrected chi connectivity index (χ0v) is 23.8. The van der Waals surface area contributed by atoms with Crippen LogP contribution in [0.4, 0.5) is 0 Å². The van der Waals surface area contributed by atoms with E-state index in [0.717, 1.165) is 43.1 Å². The highest BCUT2D eigenvalue weighted by molar-refractivity contribution is 5.71. The summed E-state index contributed by atoms with van der Waals surface area (Å²) in [4.78, 5) is 25.4. The molecule has 0 aliphatic heterocycles. The molecule has 7 heteroatoms. The Balaban J connectivity index is 1.43. The Morgan fingerprint density at radius 1 is 1.03 bits per heavy atom. The molecule has 39 heavy (non-hydrogen) atoms. The van der Waals surface area contributed by atoms with Crippen LogP contribution in [0.5, 0.6) is 0 Å². The van der Waals surface area contributed by atoms with Gasteiger partial charge < -0.3 is 30.0 Å². The van der Waals surface area contributed by atoms with Crippen LogP contribution >= 0.6 is 0 Å². The van der Waals surface area contributed by atoms with E-state index in [-0.39, 0.29) is 41.7 Å². The number of aliphatic hydroxyl groups excluding tert-OH is 3. The van der Waals surface area contributed by atoms with Crippen molar-refractivity contribution in [1.82, 2.24) is 0 Å². The van der Waals surface area contributed by atoms with E-state index in [9.17, 15) is 30.0 Å². The third-order valence-electron chi connectivity index (χ3n) is 12.8. The summed E-state index contributed by atoms with van der Waals surface area (Å²) >= 11 is 0. The molecular formula is C32H46O7. The number of ether oxygens (including phenoxy) is 1. The summed E-state index contributed by atoms with van der Waals surface area (Å²) in [6, 6.07) is 0. The number of hydrogen-bond acceptors (Lipinski definition) is 7. The van der Waals surface area contributed by atoms with Gasteiger partial charge in [0, 0.05) is 41.4 Å². The number of esters is 1. The average molecular weight is 543 g/mol. The van der Waals surface area contributed by atoms with E-state index in [4.69, 9.17) is 4.74 Å². The molecule has 0 saturated heterocycles. The second-order valence-electron chi connectivity index (χ2n) is 14.6. The number of allylic oxidation sites excluding steroid dienone is 1. The lowest BCUT2D eigenvalue weighted by molar-refractivity contribution is -0.170. The Hall–Kier alpha value is -1.54. The topological polar surface area (TPSA) is 124 Å². The fourth-order valence-corrected chi connectivity index (χ4v) is 11.4. The highest BCUT2D eigenvalue weighted by Crippen LogP contribution is 2.80. The fraction of sp³-hybridized carbons (Fsp3) is 0.812. The van der Waals surface area contributed by atoms with Crippen LogP contribution < -0.4 is 0 Å². The molecule has 5 fully saturated rings. The fourth-order valence-electron chi connectivity index (χ4n) is 11.4. The summed E-state index contributed by atoms with van der Waals surface area (Å²) in [5.74, 6) is -0.919. The first kappa shape index (κ1) is 27.6. The van der Waals surface area contributed by atoms with E-state index in [1.807, 2.05) is 6.92 Å². The molecule has 0 unspecified atom stereocenters. The highest BCUT2D eigenvalue weighted by atomic mass is 16.5. The maximum atomic E-state index is 13.3. The SMILES string of the molecule is C=C(C)[C@@H]1CC[C@H]([C@@H]2CC[C@H]3C2=C[C@@]2(C=O)[C@H]4CC[C@]2([C@@H]3O)[C@H](O)[C@@]42CC[C@H](C(C)(C)O)[C@@H]2O)[C@@H]1OC(C)=O. The summed E-state index contributed by atoms with van der Waals surface area (Å²) < 4.78 is 5.90. The second-order valence-corrected chi connectivity index (χ2v) is 14.6. The number of aldehydes is 1. The molecule has 13 atom stereocenters. The van der Waals surface area contributed by atoms with Crippen LogP contribution in [0.1, 0.15) is 79.1 Å². The lowest BCUT2D eigenvalue weighted by Crippen LogP contribution is -2.59. The normalized spacial score (nSPS) is 52.1. The largest absolute Gasteiger partial charge is 0.462 e. The van der Waals surface area contributed by atoms with Gasteiger partial charge in [-0.3, -0.25) is 4.79 Å². The van der Waals surface area contributed by atoms with Crippen molar-refractivity contribution in [3.8, 4) is 0 Å². The maximum absolute atomic E-state index is 13.3. The Labute approximate surface area is 231 Å². The van der Waals surface area contributed by atoms with Crippen LogP contribution in [-0.4, -0.2) is 62.7 Å². The second kappa shape index (κ2) is 8.73. The Morgan fingerprint density at radius 2 is 1.72 bits per heavy atom. The van der Waals surface area contributed by atoms with Crippen molar-refractivity contribution >= 4 is 12.3 Å². The van der Waals surface area contributed by atoms with Crippen LogP contribution in [-0.2, 0) is 14.3 Å². The van der Waals surface area contributed by atoms with Gasteiger partial charge in [0.05, 0.1) is 29.3 Å². The van der Waals surface area contributed by atoms with Gasteiger partial charge in [-0.05, 0) is 84.0 Å². The Kier molecular flexibility index (Phi) is 6.18. The molecule has 0 aromatic heterocycles. The summed E-state index contributed by atoms with van der Waals surface area (Å²) in [5.41, 5.74) is -2.07. The summed E-state index contributed by atoms with van der Waals surface area (Å²) in [6.45, 7) is 11.0. The van der Waals surface area contributed by atoms with Crippen molar-refractivity contribution in [2.45, 2.75) is 109 Å². The van der Waals surface area contributed by atoms with Crippen LogP contribution in [0.25, 0.3) is 0 Å². The van der Waals surface area contributed by atoms with Gasteiger partial charge in [0.1, 0.15) is 12.4 Å². The molecular weight excluding hydrogens is 496 g/mol. The minimum absolute atomic E-state index is 0.0817. The zero-order chi connectivity index (χ0) is 28.3. The van der Waals surface area contributed by atoms with Crippen molar-refractivity contribution in [2.24, 2.45) is 51.8 Å². The zero-order valence-electron chi connectivity index (χ0n) is 23.8. The summed E-state index contributed by atoms with van der Waals surface area (Å²) in [7, 11) is 0. The van der Waals surface area contributed by atoms with Gasteiger partial charge in [0.15, 0.2) is 0 Å². The minimum atomic E-state index is -1.12. The molecule has 0 aromatic carbocycles. The smallest absolute Gasteiger partial charge is 0.302 e. The first-order chi connectivity index (χ1) is 18.3. The molecule has 0 radical (unpaired) electrons. The van der Waals surface area contributed by atoms with Crippen LogP contribution in [0.3, 0.4) is 0 Å². The van der Waals surface area contributed by atoms with Crippen molar-refractivity contribution in [3.63, 3.8) is 0 Å². The van der Waals surface area contributed by atoms with Crippen molar-refractivity contribution in [2.75, 3.05) is 0 Å². The van der Waals surface area contributed by atoms with Gasteiger partial charge in [0.2, 0.25) is 0 Å². The third-order valence-corrected chi connectivity index (χ3v) is 12.8. The lowest BCUT2D eigenvalue weighted by atomic mass is 9.55. The molecule has 7 nitrogen and oxygen atoms in total. The van der Waals surface area contributed by atoms with Gasteiger partial charge >= 0.3 is 5.97 Å². The number of hydrogen-bond donors (Lipinski definition) is 4. The molecule has 5 saturated carbocycles. The molecule has 0 aromatic rings. The number of aliphatic hydroxyl groups is 4. The van der Waals surface area contributed by atoms with Gasteiger partial charge in [0.25, 0.3) is 0 Å². The molecule has 1 spiro atoms. The number of fused-ring (bicyclic) bond motifs is 2. The van der Waals surface area contributed by atoms with Gasteiger partial charge in [-0.15, -0.1) is 0 Å². The first-order valence-electron chi connectivity index (χ1n) is 15.1. The molecule has 6 aliphatic carbocycles. The average Bonchev–Trinajstić information content (AvgIpc) is 3.62. The minimum Gasteiger partial charge on any atom is -0.462 e. The summed E-state index contributed by atoms with van der Waals surface area (Å²) in [5, 5.41) is 46.9. The number of rotatable bonds is 5. The predicted octanol–water partition coefficient (Wildman–Crippen LogP) is 3.33. The quantitative estimate of drug-likeness (QED) is 0.239. The molecule has 6 rings (SSSR count). The van der Waals surface area contributed by atoms with Crippen LogP contribution in [0.2, 0.25) is 0 Å². The van der Waals surface area contributed by atoms with E-state index in [1.165, 1.54) is 6.92 Å². The van der Waals surface area contributed by atoms with Crippen molar-refractivity contribution in [3.05, 3.63) is 23.8 Å². The molecule has 4 N–H and O–H groups in total. The molecule has 2 bridgehead atoms. The molecule has 0 amide bonds. The lowest BCUT2D eigenvalue weighted by Gasteiger charge is -2.51. The van der Waals surface area contributed by atoms with E-state index < -0.39 is 46.1 Å².